The number of hydrogen-bond donors (Lipinski definition) is 2. The van der Waals surface area contributed by atoms with E-state index in [9.17, 15) is 28.8 Å². The summed E-state index contributed by atoms with van der Waals surface area (Å²) in [6, 6.07) is 28.6. The van der Waals surface area contributed by atoms with Crippen LogP contribution in [-0.4, -0.2) is 84.5 Å². The van der Waals surface area contributed by atoms with Crippen LogP contribution in [0.3, 0.4) is 0 Å². The maximum atomic E-state index is 14.3. The molecular formula is C63H73N5O9S2. The van der Waals surface area contributed by atoms with Crippen molar-refractivity contribution in [3.63, 3.8) is 0 Å². The Morgan fingerprint density at radius 1 is 0.759 bits per heavy atom. The minimum absolute atomic E-state index is 0.00282. The van der Waals surface area contributed by atoms with Gasteiger partial charge in [-0.15, -0.1) is 0 Å². The zero-order valence-electron chi connectivity index (χ0n) is 46.7. The standard InChI is InChI=1S/C63H73N5O9S2/c1-9-49(69)17-14-24-78-79-63(5,6)23-22-59(71)64-40(4)55(70)26-39(3)60(72)65-46-28-41(36-76-56-34-54-51(25-38(56)2)62(74)68-48(35-66(54)7)31-45-16-11-13-19-53(45)68)27-42(29-46)37-77-58-32-43-20-21-47-30-44-15-10-12-18-52(44)67(47)61(73)50(43)33-57(58)75-8/h10-13,15-16,18-19,25,27-29,32-34,39-40,47-48H,9,14,17,20-24,26,30-31,35-37H2,1-8H3,(H,64,71)(H,65,72)/t39-,40+,47-,48+/m1/s1. The zero-order chi connectivity index (χ0) is 56.1. The summed E-state index contributed by atoms with van der Waals surface area (Å²) in [4.78, 5) is 86.6. The molecule has 0 aromatic heterocycles. The molecule has 0 spiro atoms. The van der Waals surface area contributed by atoms with E-state index in [2.05, 4.69) is 41.5 Å². The number of hydrogen-bond acceptors (Lipinski definition) is 12. The summed E-state index contributed by atoms with van der Waals surface area (Å²) in [5, 5.41) is 5.89. The van der Waals surface area contributed by atoms with Crippen LogP contribution < -0.4 is 39.5 Å². The second-order valence-corrected chi connectivity index (χ2v) is 25.3. The predicted molar refractivity (Wildman–Crippen MR) is 315 cm³/mol. The summed E-state index contributed by atoms with van der Waals surface area (Å²) >= 11 is 0. The Hall–Kier alpha value is -6.78. The van der Waals surface area contributed by atoms with Crippen LogP contribution >= 0.6 is 21.6 Å². The fourth-order valence-corrected chi connectivity index (χ4v) is 13.8. The topological polar surface area (TPSA) is 164 Å². The maximum Gasteiger partial charge on any atom is 0.260 e. The summed E-state index contributed by atoms with van der Waals surface area (Å²) < 4.78 is 18.8. The molecule has 0 saturated heterocycles. The van der Waals surface area contributed by atoms with E-state index >= 15 is 0 Å². The Morgan fingerprint density at radius 3 is 2.09 bits per heavy atom. The lowest BCUT2D eigenvalue weighted by molar-refractivity contribution is -0.129. The Labute approximate surface area is 472 Å². The van der Waals surface area contributed by atoms with E-state index in [1.54, 1.807) is 48.6 Å². The minimum atomic E-state index is -0.784. The van der Waals surface area contributed by atoms with Gasteiger partial charge in [-0.05, 0) is 148 Å². The average Bonchev–Trinajstić information content (AvgIpc) is 4.19. The van der Waals surface area contributed by atoms with Gasteiger partial charge in [-0.3, -0.25) is 28.8 Å². The van der Waals surface area contributed by atoms with Crippen molar-refractivity contribution in [3.05, 3.63) is 136 Å². The lowest BCUT2D eigenvalue weighted by Crippen LogP contribution is -2.41. The molecule has 4 aliphatic rings. The van der Waals surface area contributed by atoms with Gasteiger partial charge >= 0.3 is 0 Å². The van der Waals surface area contributed by atoms with E-state index in [0.717, 1.165) is 70.8 Å². The Kier molecular flexibility index (Phi) is 17.8. The van der Waals surface area contributed by atoms with Crippen LogP contribution in [0, 0.1) is 12.8 Å². The first-order valence-electron chi connectivity index (χ1n) is 27.6. The zero-order valence-corrected chi connectivity index (χ0v) is 48.3. The first-order chi connectivity index (χ1) is 37.9. The SMILES string of the molecule is CCC(=O)CCCSSC(C)(C)CCC(=O)N[C@@H](C)C(=O)C[C@@H](C)C(=O)Nc1cc(COc2cc3c(cc2C)C(=O)N2c4ccccc4C[C@H]2CN3C)cc(COc2cc3c(cc2OC)C(=O)N2c4ccccc4C[C@H]2CC3)c1. The van der Waals surface area contributed by atoms with Gasteiger partial charge in [0.05, 0.1) is 30.4 Å². The Balaban J connectivity index is 0.890. The third-order valence-electron chi connectivity index (χ3n) is 15.6. The van der Waals surface area contributed by atoms with E-state index in [-0.39, 0.29) is 78.1 Å². The lowest BCUT2D eigenvalue weighted by atomic mass is 9.99. The van der Waals surface area contributed by atoms with Gasteiger partial charge in [0.25, 0.3) is 11.8 Å². The Bertz CT molecular complexity index is 3160. The average molecular weight is 1110 g/mol. The van der Waals surface area contributed by atoms with Crippen molar-refractivity contribution < 1.29 is 43.0 Å². The number of fused-ring (bicyclic) bond motifs is 8. The summed E-state index contributed by atoms with van der Waals surface area (Å²) in [5.41, 5.74) is 9.85. The number of ether oxygens (including phenoxy) is 3. The second-order valence-electron chi connectivity index (χ2n) is 22.2. The number of benzene rings is 5. The van der Waals surface area contributed by atoms with Crippen LogP contribution in [0.5, 0.6) is 17.2 Å². The monoisotopic (exact) mass is 1110 g/mol. The molecule has 0 unspecified atom stereocenters. The van der Waals surface area contributed by atoms with Crippen molar-refractivity contribution in [3.8, 4) is 17.2 Å². The fraction of sp³-hybridized carbons (Fsp3) is 0.429. The van der Waals surface area contributed by atoms with Crippen molar-refractivity contribution in [2.75, 3.05) is 46.5 Å². The van der Waals surface area contributed by atoms with Gasteiger partial charge in [0.15, 0.2) is 17.3 Å². The van der Waals surface area contributed by atoms with Crippen LogP contribution in [0.4, 0.5) is 22.7 Å². The van der Waals surface area contributed by atoms with Gasteiger partial charge in [0.2, 0.25) is 11.8 Å². The van der Waals surface area contributed by atoms with E-state index in [1.807, 2.05) is 103 Å². The van der Waals surface area contributed by atoms with Gasteiger partial charge in [-0.25, -0.2) is 0 Å². The number of amides is 4. The fourth-order valence-electron chi connectivity index (χ4n) is 11.2. The second kappa shape index (κ2) is 24.7. The number of anilines is 4. The molecule has 4 amide bonds. The number of methoxy groups -OCH3 is 1. The van der Waals surface area contributed by atoms with Crippen molar-refractivity contribution in [2.45, 2.75) is 142 Å². The van der Waals surface area contributed by atoms with Gasteiger partial charge in [-0.2, -0.15) is 0 Å². The van der Waals surface area contributed by atoms with Gasteiger partial charge in [0.1, 0.15) is 24.7 Å². The molecule has 0 aliphatic carbocycles. The van der Waals surface area contributed by atoms with Crippen LogP contribution in [0.2, 0.25) is 0 Å². The van der Waals surface area contributed by atoms with Crippen molar-refractivity contribution >= 4 is 79.5 Å². The van der Waals surface area contributed by atoms with Crippen LogP contribution in [0.15, 0.2) is 91.0 Å². The third kappa shape index (κ3) is 13.1. The molecule has 79 heavy (non-hydrogen) atoms. The number of nitrogens with one attached hydrogen (secondary N) is 2. The molecule has 0 radical (unpaired) electrons. The van der Waals surface area contributed by atoms with E-state index < -0.39 is 12.0 Å². The smallest absolute Gasteiger partial charge is 0.260 e. The number of aryl methyl sites for hydroxylation is 2. The predicted octanol–water partition coefficient (Wildman–Crippen LogP) is 11.4. The molecule has 4 heterocycles. The highest BCUT2D eigenvalue weighted by atomic mass is 33.1. The largest absolute Gasteiger partial charge is 0.493 e. The van der Waals surface area contributed by atoms with Crippen LogP contribution in [0.25, 0.3) is 0 Å². The number of Topliss-reactive ketones (excluding diaryl/α,β-unsaturated/α-hetero) is 2. The van der Waals surface area contributed by atoms with Gasteiger partial charge < -0.3 is 39.5 Å². The van der Waals surface area contributed by atoms with E-state index in [0.29, 0.717) is 66.3 Å². The quantitative estimate of drug-likeness (QED) is 0.0471. The first kappa shape index (κ1) is 56.9. The molecule has 16 heteroatoms. The number of nitrogens with zero attached hydrogens (tertiary/aromatic N) is 3. The lowest BCUT2D eigenvalue weighted by Gasteiger charge is -2.25. The normalized spacial score (nSPS) is 17.0. The molecule has 9 rings (SSSR count). The van der Waals surface area contributed by atoms with Crippen molar-refractivity contribution in [2.24, 2.45) is 5.92 Å². The summed E-state index contributed by atoms with van der Waals surface area (Å²) in [5.74, 6) is 0.977. The number of likely N-dealkylation sites (N-methyl/N-ethyl adjacent to an activating group) is 1. The van der Waals surface area contributed by atoms with Crippen LogP contribution in [-0.2, 0) is 51.7 Å². The summed E-state index contributed by atoms with van der Waals surface area (Å²) in [7, 11) is 6.98. The van der Waals surface area contributed by atoms with E-state index in [4.69, 9.17) is 14.2 Å². The number of carbonyl (C=O) groups is 6. The molecule has 5 aromatic rings. The summed E-state index contributed by atoms with van der Waals surface area (Å²) in [6.07, 6.45) is 5.83. The highest BCUT2D eigenvalue weighted by molar-refractivity contribution is 8.77. The molecule has 0 fully saturated rings. The molecule has 14 nitrogen and oxygen atoms in total. The van der Waals surface area contributed by atoms with Crippen molar-refractivity contribution in [1.29, 1.82) is 0 Å². The molecule has 4 atom stereocenters. The molecule has 416 valence electrons. The van der Waals surface area contributed by atoms with Gasteiger partial charge in [-0.1, -0.05) is 71.8 Å². The molecule has 0 bridgehead atoms. The first-order valence-corrected chi connectivity index (χ1v) is 29.9. The molecule has 2 N–H and O–H groups in total. The molecule has 5 aromatic carbocycles. The number of para-hydroxylation sites is 2. The van der Waals surface area contributed by atoms with Gasteiger partial charge in [0, 0.05) is 90.4 Å². The van der Waals surface area contributed by atoms with E-state index in [1.165, 1.54) is 11.1 Å². The number of carbonyl (C=O) groups excluding carboxylic acids is 6. The molecular weight excluding hydrogens is 1030 g/mol. The van der Waals surface area contributed by atoms with Crippen LogP contribution in [0.1, 0.15) is 134 Å². The summed E-state index contributed by atoms with van der Waals surface area (Å²) in [6.45, 7) is 12.2. The maximum absolute atomic E-state index is 14.3. The number of ketones is 2. The minimum Gasteiger partial charge on any atom is -0.493 e. The molecule has 4 aliphatic heterocycles. The highest BCUT2D eigenvalue weighted by Crippen LogP contribution is 2.43. The molecule has 0 saturated carbocycles. The third-order valence-corrected chi connectivity index (χ3v) is 19.0. The number of rotatable bonds is 23. The Morgan fingerprint density at radius 2 is 1.41 bits per heavy atom. The highest BCUT2D eigenvalue weighted by Gasteiger charge is 2.40. The van der Waals surface area contributed by atoms with Crippen molar-refractivity contribution in [1.82, 2.24) is 5.32 Å².